The highest BCUT2D eigenvalue weighted by Gasteiger charge is 2.33. The average Bonchev–Trinajstić information content (AvgIpc) is 2.85. The fraction of sp³-hybridized carbons (Fsp3) is 0.235. The molecule has 120 valence electrons. The van der Waals surface area contributed by atoms with Crippen molar-refractivity contribution in [1.82, 2.24) is 4.90 Å². The number of benzene rings is 2. The van der Waals surface area contributed by atoms with Crippen LogP contribution in [-0.2, 0) is 20.8 Å². The quantitative estimate of drug-likeness (QED) is 0.789. The topological polar surface area (TPSA) is 63.7 Å². The molecule has 3 rings (SSSR count). The van der Waals surface area contributed by atoms with Gasteiger partial charge in [-0.2, -0.15) is 8.42 Å². The van der Waals surface area contributed by atoms with Crippen LogP contribution in [0.2, 0.25) is 0 Å². The molecule has 0 radical (unpaired) electrons. The third kappa shape index (κ3) is 3.43. The zero-order valence-electron chi connectivity index (χ0n) is 12.7. The van der Waals surface area contributed by atoms with Crippen molar-refractivity contribution in [2.75, 3.05) is 12.9 Å². The highest BCUT2D eigenvalue weighted by molar-refractivity contribution is 7.85. The van der Waals surface area contributed by atoms with Crippen molar-refractivity contribution in [1.29, 1.82) is 0 Å². The minimum absolute atomic E-state index is 0.0947. The molecule has 1 atom stereocenters. The van der Waals surface area contributed by atoms with Crippen LogP contribution in [-0.4, -0.2) is 32.1 Å². The molecule has 0 fully saturated rings. The molecule has 0 spiro atoms. The van der Waals surface area contributed by atoms with Gasteiger partial charge in [0.1, 0.15) is 0 Å². The lowest BCUT2D eigenvalue weighted by Gasteiger charge is -2.27. The highest BCUT2D eigenvalue weighted by atomic mass is 32.2. The van der Waals surface area contributed by atoms with Crippen molar-refractivity contribution in [3.05, 3.63) is 71.3 Å². The second kappa shape index (κ2) is 6.14. The smallest absolute Gasteiger partial charge is 0.264 e. The normalized spacial score (nSPS) is 15.5. The molecule has 0 aliphatic carbocycles. The molecule has 23 heavy (non-hydrogen) atoms. The summed E-state index contributed by atoms with van der Waals surface area (Å²) in [6.07, 6.45) is 1.01. The lowest BCUT2D eigenvalue weighted by molar-refractivity contribution is 0.0639. The Morgan fingerprint density at radius 1 is 1.09 bits per heavy atom. The van der Waals surface area contributed by atoms with Gasteiger partial charge < -0.3 is 4.90 Å². The summed E-state index contributed by atoms with van der Waals surface area (Å²) in [7, 11) is -3.58. The lowest BCUT2D eigenvalue weighted by Crippen LogP contribution is -2.32. The molecule has 0 N–H and O–H groups in total. The third-order valence-electron chi connectivity index (χ3n) is 3.85. The van der Waals surface area contributed by atoms with Crippen LogP contribution in [0.5, 0.6) is 0 Å². The number of hydrogen-bond acceptors (Lipinski definition) is 4. The van der Waals surface area contributed by atoms with E-state index in [1.165, 1.54) is 0 Å². The largest absolute Gasteiger partial charge is 0.325 e. The van der Waals surface area contributed by atoms with Gasteiger partial charge in [0, 0.05) is 12.1 Å². The summed E-state index contributed by atoms with van der Waals surface area (Å²) < 4.78 is 27.7. The first-order chi connectivity index (χ1) is 11.0. The molecule has 1 aliphatic heterocycles. The van der Waals surface area contributed by atoms with E-state index >= 15 is 0 Å². The van der Waals surface area contributed by atoms with E-state index in [9.17, 15) is 13.2 Å². The summed E-state index contributed by atoms with van der Waals surface area (Å²) in [5.74, 6) is -0.105. The third-order valence-corrected chi connectivity index (χ3v) is 4.41. The minimum Gasteiger partial charge on any atom is -0.325 e. The van der Waals surface area contributed by atoms with Crippen molar-refractivity contribution in [2.45, 2.75) is 12.6 Å². The highest BCUT2D eigenvalue weighted by Crippen LogP contribution is 2.31. The van der Waals surface area contributed by atoms with Gasteiger partial charge in [-0.15, -0.1) is 0 Å². The molecule has 1 aliphatic rings. The first-order valence-corrected chi connectivity index (χ1v) is 9.05. The Hall–Kier alpha value is -2.18. The Morgan fingerprint density at radius 3 is 2.39 bits per heavy atom. The Balaban J connectivity index is 1.92. The number of amides is 1. The molecule has 0 bridgehead atoms. The van der Waals surface area contributed by atoms with Crippen molar-refractivity contribution in [3.8, 4) is 0 Å². The summed E-state index contributed by atoms with van der Waals surface area (Å²) in [5.41, 5.74) is 2.45. The molecule has 2 aromatic carbocycles. The molecule has 2 aromatic rings. The van der Waals surface area contributed by atoms with Crippen LogP contribution in [0, 0.1) is 0 Å². The average molecular weight is 331 g/mol. The summed E-state index contributed by atoms with van der Waals surface area (Å²) >= 11 is 0. The summed E-state index contributed by atoms with van der Waals surface area (Å²) in [6, 6.07) is 16.3. The maximum atomic E-state index is 12.7. The Morgan fingerprint density at radius 2 is 1.74 bits per heavy atom. The molecule has 0 aromatic heterocycles. The van der Waals surface area contributed by atoms with E-state index in [-0.39, 0.29) is 12.5 Å². The number of nitrogens with zero attached hydrogens (tertiary/aromatic N) is 1. The van der Waals surface area contributed by atoms with Crippen molar-refractivity contribution >= 4 is 16.0 Å². The number of fused-ring (bicyclic) bond motifs is 1. The maximum absolute atomic E-state index is 12.7. The second-order valence-corrected chi connectivity index (χ2v) is 7.15. The zero-order chi connectivity index (χ0) is 16.4. The first-order valence-electron chi connectivity index (χ1n) is 7.24. The molecule has 1 unspecified atom stereocenters. The van der Waals surface area contributed by atoms with Gasteiger partial charge in [-0.05, 0) is 17.2 Å². The first kappa shape index (κ1) is 15.7. The van der Waals surface area contributed by atoms with Crippen LogP contribution < -0.4 is 0 Å². The van der Waals surface area contributed by atoms with E-state index in [1.54, 1.807) is 11.0 Å². The Bertz CT molecular complexity index is 817. The second-order valence-electron chi connectivity index (χ2n) is 5.51. The van der Waals surface area contributed by atoms with Gasteiger partial charge in [0.2, 0.25) is 0 Å². The zero-order valence-corrected chi connectivity index (χ0v) is 13.5. The van der Waals surface area contributed by atoms with E-state index in [0.29, 0.717) is 12.1 Å². The maximum Gasteiger partial charge on any atom is 0.264 e. The lowest BCUT2D eigenvalue weighted by atomic mass is 10.1. The van der Waals surface area contributed by atoms with Crippen LogP contribution >= 0.6 is 0 Å². The van der Waals surface area contributed by atoms with Gasteiger partial charge >= 0.3 is 0 Å². The number of carbonyl (C=O) groups excluding carboxylic acids is 1. The molecule has 6 heteroatoms. The molecular weight excluding hydrogens is 314 g/mol. The fourth-order valence-electron chi connectivity index (χ4n) is 2.76. The van der Waals surface area contributed by atoms with E-state index in [2.05, 4.69) is 0 Å². The molecule has 1 amide bonds. The van der Waals surface area contributed by atoms with E-state index < -0.39 is 16.2 Å². The van der Waals surface area contributed by atoms with E-state index in [4.69, 9.17) is 4.18 Å². The summed E-state index contributed by atoms with van der Waals surface area (Å²) in [6.45, 7) is 0.351. The predicted molar refractivity (Wildman–Crippen MR) is 86.3 cm³/mol. The standard InChI is InChI=1S/C17H17NO4S/c1-23(20,21)22-12-16(13-7-3-2-4-8-13)18-11-14-9-5-6-10-15(14)17(18)19/h2-10,16H,11-12H2,1H3. The predicted octanol–water partition coefficient (Wildman–Crippen LogP) is 2.36. The van der Waals surface area contributed by atoms with Gasteiger partial charge in [-0.1, -0.05) is 48.5 Å². The SMILES string of the molecule is CS(=O)(=O)OCC(c1ccccc1)N1Cc2ccccc2C1=O. The van der Waals surface area contributed by atoms with Gasteiger partial charge in [0.15, 0.2) is 0 Å². The molecule has 1 heterocycles. The molecular formula is C17H17NO4S. The molecule has 0 saturated heterocycles. The molecule has 0 saturated carbocycles. The van der Waals surface area contributed by atoms with E-state index in [0.717, 1.165) is 17.4 Å². The summed E-state index contributed by atoms with van der Waals surface area (Å²) in [5, 5.41) is 0. The van der Waals surface area contributed by atoms with Crippen LogP contribution in [0.3, 0.4) is 0 Å². The number of rotatable bonds is 5. The van der Waals surface area contributed by atoms with E-state index in [1.807, 2.05) is 48.5 Å². The van der Waals surface area contributed by atoms with Gasteiger partial charge in [-0.25, -0.2) is 0 Å². The Labute approximate surface area is 135 Å². The summed E-state index contributed by atoms with van der Waals surface area (Å²) in [4.78, 5) is 14.3. The van der Waals surface area contributed by atoms with Crippen molar-refractivity contribution in [3.63, 3.8) is 0 Å². The Kier molecular flexibility index (Phi) is 4.19. The molecule has 5 nitrogen and oxygen atoms in total. The van der Waals surface area contributed by atoms with Crippen LogP contribution in [0.4, 0.5) is 0 Å². The van der Waals surface area contributed by atoms with Gasteiger partial charge in [-0.3, -0.25) is 8.98 Å². The minimum atomic E-state index is -3.58. The van der Waals surface area contributed by atoms with Gasteiger partial charge in [0.05, 0.1) is 18.9 Å². The van der Waals surface area contributed by atoms with Crippen LogP contribution in [0.1, 0.15) is 27.5 Å². The number of hydrogen-bond donors (Lipinski definition) is 0. The van der Waals surface area contributed by atoms with Crippen molar-refractivity contribution in [2.24, 2.45) is 0 Å². The monoisotopic (exact) mass is 331 g/mol. The van der Waals surface area contributed by atoms with Crippen LogP contribution in [0.15, 0.2) is 54.6 Å². The van der Waals surface area contributed by atoms with Crippen molar-refractivity contribution < 1.29 is 17.4 Å². The van der Waals surface area contributed by atoms with Gasteiger partial charge in [0.25, 0.3) is 16.0 Å². The number of carbonyl (C=O) groups is 1. The fourth-order valence-corrected chi connectivity index (χ4v) is 3.13. The van der Waals surface area contributed by atoms with Crippen LogP contribution in [0.25, 0.3) is 0 Å².